The molecule has 7 heteroatoms. The molecule has 1 fully saturated rings. The van der Waals surface area contributed by atoms with E-state index in [2.05, 4.69) is 4.99 Å². The number of fused-ring (bicyclic) bond motifs is 1. The predicted molar refractivity (Wildman–Crippen MR) is 99.6 cm³/mol. The maximum Gasteiger partial charge on any atom is 0.339 e. The standard InChI is InChI=1S/C20H15ClN2O4/c1-27-19(26)20(12-6-3-2-4-7-12)16-15(11-22-20)17(24)23(18(16)25)14-9-5-8-13(21)10-14/h2-11,15-16H,1H3/t15-,16+,20+/m1/s1. The molecule has 2 aliphatic rings. The van der Waals surface area contributed by atoms with Crippen LogP contribution in [0.1, 0.15) is 5.56 Å². The lowest BCUT2D eigenvalue weighted by Crippen LogP contribution is -2.45. The zero-order valence-corrected chi connectivity index (χ0v) is 15.1. The van der Waals surface area contributed by atoms with Crippen LogP contribution >= 0.6 is 11.6 Å². The molecule has 0 N–H and O–H groups in total. The Morgan fingerprint density at radius 1 is 1.11 bits per heavy atom. The Morgan fingerprint density at radius 2 is 1.85 bits per heavy atom. The van der Waals surface area contributed by atoms with Crippen LogP contribution in [0.2, 0.25) is 5.02 Å². The third kappa shape index (κ3) is 2.40. The molecule has 0 aliphatic carbocycles. The smallest absolute Gasteiger partial charge is 0.339 e. The molecule has 4 rings (SSSR count). The molecule has 0 unspecified atom stereocenters. The molecule has 2 aromatic rings. The van der Waals surface area contributed by atoms with E-state index in [-0.39, 0.29) is 0 Å². The fraction of sp³-hybridized carbons (Fsp3) is 0.200. The second kappa shape index (κ2) is 6.32. The number of carbonyl (C=O) groups is 3. The van der Waals surface area contributed by atoms with E-state index in [1.165, 1.54) is 19.4 Å². The summed E-state index contributed by atoms with van der Waals surface area (Å²) < 4.78 is 4.99. The van der Waals surface area contributed by atoms with Gasteiger partial charge in [-0.25, -0.2) is 9.69 Å². The lowest BCUT2D eigenvalue weighted by molar-refractivity contribution is -0.151. The molecule has 27 heavy (non-hydrogen) atoms. The maximum atomic E-state index is 13.3. The number of imide groups is 1. The van der Waals surface area contributed by atoms with E-state index < -0.39 is 35.2 Å². The highest BCUT2D eigenvalue weighted by Gasteiger charge is 2.65. The molecule has 0 bridgehead atoms. The summed E-state index contributed by atoms with van der Waals surface area (Å²) in [6.07, 6.45) is 1.39. The first-order valence-electron chi connectivity index (χ1n) is 8.33. The number of ether oxygens (including phenoxy) is 1. The zero-order valence-electron chi connectivity index (χ0n) is 14.3. The average Bonchev–Trinajstić information content (AvgIpc) is 3.20. The minimum Gasteiger partial charge on any atom is -0.467 e. The summed E-state index contributed by atoms with van der Waals surface area (Å²) in [6.45, 7) is 0. The second-order valence-corrected chi connectivity index (χ2v) is 6.83. The van der Waals surface area contributed by atoms with Gasteiger partial charge < -0.3 is 4.74 Å². The van der Waals surface area contributed by atoms with Gasteiger partial charge >= 0.3 is 5.97 Å². The highest BCUT2D eigenvalue weighted by atomic mass is 35.5. The summed E-state index contributed by atoms with van der Waals surface area (Å²) in [4.78, 5) is 44.5. The number of benzene rings is 2. The van der Waals surface area contributed by atoms with E-state index in [1.54, 1.807) is 48.5 Å². The van der Waals surface area contributed by atoms with Gasteiger partial charge in [-0.15, -0.1) is 0 Å². The summed E-state index contributed by atoms with van der Waals surface area (Å²) in [6, 6.07) is 15.2. The van der Waals surface area contributed by atoms with E-state index in [9.17, 15) is 14.4 Å². The van der Waals surface area contributed by atoms with E-state index >= 15 is 0 Å². The Hall–Kier alpha value is -2.99. The summed E-state index contributed by atoms with van der Waals surface area (Å²) in [7, 11) is 1.24. The molecule has 0 spiro atoms. The molecular weight excluding hydrogens is 368 g/mol. The SMILES string of the molecule is COC(=O)[C@@]1(c2ccccc2)N=C[C@H]2C(=O)N(c3cccc(Cl)c3)C(=O)[C@H]21. The number of nitrogens with zero attached hydrogens (tertiary/aromatic N) is 2. The van der Waals surface area contributed by atoms with Gasteiger partial charge in [0.15, 0.2) is 5.54 Å². The van der Waals surface area contributed by atoms with Gasteiger partial charge in [-0.2, -0.15) is 0 Å². The third-order valence-corrected chi connectivity index (χ3v) is 5.25. The van der Waals surface area contributed by atoms with Crippen LogP contribution in [-0.2, 0) is 24.7 Å². The number of esters is 1. The van der Waals surface area contributed by atoms with Crippen LogP contribution in [0, 0.1) is 11.8 Å². The Labute approximate surface area is 160 Å². The lowest BCUT2D eigenvalue weighted by Gasteiger charge is -2.29. The van der Waals surface area contributed by atoms with E-state index in [0.717, 1.165) is 4.90 Å². The number of hydrogen-bond donors (Lipinski definition) is 0. The lowest BCUT2D eigenvalue weighted by atomic mass is 9.76. The van der Waals surface area contributed by atoms with Gasteiger partial charge in [0, 0.05) is 11.2 Å². The van der Waals surface area contributed by atoms with Gasteiger partial charge in [0.1, 0.15) is 0 Å². The van der Waals surface area contributed by atoms with E-state index in [4.69, 9.17) is 16.3 Å². The van der Waals surface area contributed by atoms with Crippen LogP contribution in [0.25, 0.3) is 0 Å². The Balaban J connectivity index is 1.85. The molecule has 6 nitrogen and oxygen atoms in total. The molecule has 2 aliphatic heterocycles. The number of carbonyl (C=O) groups excluding carboxylic acids is 3. The Bertz CT molecular complexity index is 975. The highest BCUT2D eigenvalue weighted by molar-refractivity contribution is 6.32. The third-order valence-electron chi connectivity index (χ3n) is 5.02. The van der Waals surface area contributed by atoms with Crippen molar-refractivity contribution in [1.29, 1.82) is 0 Å². The molecule has 0 radical (unpaired) electrons. The fourth-order valence-corrected chi connectivity index (χ4v) is 4.01. The molecule has 1 saturated heterocycles. The minimum absolute atomic E-state index is 0.368. The maximum absolute atomic E-state index is 13.3. The Morgan fingerprint density at radius 3 is 2.52 bits per heavy atom. The van der Waals surface area contributed by atoms with Crippen molar-refractivity contribution in [1.82, 2.24) is 0 Å². The number of rotatable bonds is 3. The van der Waals surface area contributed by atoms with Crippen molar-refractivity contribution in [3.8, 4) is 0 Å². The van der Waals surface area contributed by atoms with Crippen molar-refractivity contribution < 1.29 is 19.1 Å². The molecule has 2 aromatic carbocycles. The molecular formula is C20H15ClN2O4. The largest absolute Gasteiger partial charge is 0.467 e. The van der Waals surface area contributed by atoms with Gasteiger partial charge in [-0.3, -0.25) is 14.6 Å². The van der Waals surface area contributed by atoms with Crippen LogP contribution in [0.5, 0.6) is 0 Å². The zero-order chi connectivity index (χ0) is 19.2. The monoisotopic (exact) mass is 382 g/mol. The summed E-state index contributed by atoms with van der Waals surface area (Å²) in [5, 5.41) is 0.404. The number of methoxy groups -OCH3 is 1. The minimum atomic E-state index is -1.58. The molecule has 0 aromatic heterocycles. The van der Waals surface area contributed by atoms with Gasteiger partial charge in [0.05, 0.1) is 24.6 Å². The fourth-order valence-electron chi connectivity index (χ4n) is 3.83. The number of halogens is 1. The Kier molecular flexibility index (Phi) is 4.08. The van der Waals surface area contributed by atoms with Crippen molar-refractivity contribution in [2.24, 2.45) is 16.8 Å². The normalized spacial score (nSPS) is 26.4. The molecule has 2 amide bonds. The second-order valence-electron chi connectivity index (χ2n) is 6.40. The van der Waals surface area contributed by atoms with Crippen molar-refractivity contribution in [2.75, 3.05) is 12.0 Å². The quantitative estimate of drug-likeness (QED) is 0.604. The summed E-state index contributed by atoms with van der Waals surface area (Å²) >= 11 is 6.01. The average molecular weight is 383 g/mol. The van der Waals surface area contributed by atoms with Crippen LogP contribution in [0.15, 0.2) is 59.6 Å². The number of hydrogen-bond acceptors (Lipinski definition) is 5. The van der Waals surface area contributed by atoms with Crippen LogP contribution in [0.4, 0.5) is 5.69 Å². The van der Waals surface area contributed by atoms with Crippen LogP contribution in [-0.4, -0.2) is 31.1 Å². The number of anilines is 1. The molecule has 0 saturated carbocycles. The first-order valence-corrected chi connectivity index (χ1v) is 8.71. The molecule has 2 heterocycles. The van der Waals surface area contributed by atoms with Gasteiger partial charge in [0.2, 0.25) is 11.8 Å². The van der Waals surface area contributed by atoms with Crippen molar-refractivity contribution in [2.45, 2.75) is 5.54 Å². The van der Waals surface area contributed by atoms with E-state index in [0.29, 0.717) is 16.3 Å². The highest BCUT2D eigenvalue weighted by Crippen LogP contribution is 2.48. The number of aliphatic imine (C=N–C) groups is 1. The van der Waals surface area contributed by atoms with E-state index in [1.807, 2.05) is 0 Å². The molecule has 136 valence electrons. The number of amides is 2. The van der Waals surface area contributed by atoms with Crippen molar-refractivity contribution in [3.63, 3.8) is 0 Å². The van der Waals surface area contributed by atoms with Crippen molar-refractivity contribution in [3.05, 3.63) is 65.2 Å². The summed E-state index contributed by atoms with van der Waals surface area (Å²) in [5.74, 6) is -3.45. The van der Waals surface area contributed by atoms with Gasteiger partial charge in [-0.05, 0) is 23.8 Å². The predicted octanol–water partition coefficient (Wildman–Crippen LogP) is 2.60. The topological polar surface area (TPSA) is 76.0 Å². The van der Waals surface area contributed by atoms with Gasteiger partial charge in [0.25, 0.3) is 0 Å². The van der Waals surface area contributed by atoms with Crippen LogP contribution < -0.4 is 4.90 Å². The van der Waals surface area contributed by atoms with Gasteiger partial charge in [-0.1, -0.05) is 48.0 Å². The van der Waals surface area contributed by atoms with Crippen LogP contribution in [0.3, 0.4) is 0 Å². The molecule has 3 atom stereocenters. The first kappa shape index (κ1) is 17.4. The van der Waals surface area contributed by atoms with Crippen molar-refractivity contribution >= 4 is 41.3 Å². The first-order chi connectivity index (χ1) is 13.0. The summed E-state index contributed by atoms with van der Waals surface area (Å²) in [5.41, 5.74) is -0.706.